The number of methoxy groups -OCH3 is 1. The molecule has 3 rings (SSSR count). The van der Waals surface area contributed by atoms with Crippen molar-refractivity contribution in [2.75, 3.05) is 7.11 Å². The molecule has 0 N–H and O–H groups in total. The van der Waals surface area contributed by atoms with Gasteiger partial charge in [0.2, 0.25) is 17.0 Å². The van der Waals surface area contributed by atoms with E-state index in [9.17, 15) is 9.59 Å². The SMILES string of the molecule is COc1ccc2c(=O)c3cc(C(C)=O)ccc3oc2n1. The molecule has 0 saturated heterocycles. The van der Waals surface area contributed by atoms with Gasteiger partial charge in [-0.2, -0.15) is 4.98 Å². The second-order valence-electron chi connectivity index (χ2n) is 4.40. The fraction of sp³-hybridized carbons (Fsp3) is 0.133. The highest BCUT2D eigenvalue weighted by atomic mass is 16.5. The number of benzene rings is 1. The molecule has 100 valence electrons. The highest BCUT2D eigenvalue weighted by molar-refractivity contribution is 5.98. The molecule has 0 atom stereocenters. The first-order valence-corrected chi connectivity index (χ1v) is 6.02. The summed E-state index contributed by atoms with van der Waals surface area (Å²) in [7, 11) is 1.49. The van der Waals surface area contributed by atoms with Crippen LogP contribution in [0.2, 0.25) is 0 Å². The van der Waals surface area contributed by atoms with Crippen LogP contribution in [0.15, 0.2) is 39.5 Å². The van der Waals surface area contributed by atoms with E-state index in [-0.39, 0.29) is 16.9 Å². The molecule has 0 aliphatic heterocycles. The van der Waals surface area contributed by atoms with Crippen molar-refractivity contribution < 1.29 is 13.9 Å². The van der Waals surface area contributed by atoms with E-state index in [4.69, 9.17) is 9.15 Å². The fourth-order valence-corrected chi connectivity index (χ4v) is 2.05. The lowest BCUT2D eigenvalue weighted by molar-refractivity contribution is 0.101. The fourth-order valence-electron chi connectivity index (χ4n) is 2.05. The third-order valence-electron chi connectivity index (χ3n) is 3.13. The van der Waals surface area contributed by atoms with Gasteiger partial charge in [0.1, 0.15) is 5.58 Å². The number of ether oxygens (including phenoxy) is 1. The van der Waals surface area contributed by atoms with Gasteiger partial charge >= 0.3 is 0 Å². The molecule has 20 heavy (non-hydrogen) atoms. The molecule has 0 radical (unpaired) electrons. The van der Waals surface area contributed by atoms with Crippen LogP contribution in [0.25, 0.3) is 22.1 Å². The molecule has 0 spiro atoms. The second-order valence-corrected chi connectivity index (χ2v) is 4.40. The van der Waals surface area contributed by atoms with Crippen molar-refractivity contribution in [3.05, 3.63) is 46.1 Å². The van der Waals surface area contributed by atoms with Crippen LogP contribution in [0, 0.1) is 0 Å². The van der Waals surface area contributed by atoms with Crippen molar-refractivity contribution in [1.82, 2.24) is 4.98 Å². The third kappa shape index (κ3) is 1.84. The van der Waals surface area contributed by atoms with Crippen molar-refractivity contribution in [2.45, 2.75) is 6.92 Å². The van der Waals surface area contributed by atoms with Crippen LogP contribution < -0.4 is 10.2 Å². The Morgan fingerprint density at radius 3 is 2.70 bits per heavy atom. The zero-order valence-electron chi connectivity index (χ0n) is 11.0. The Labute approximate surface area is 113 Å². The van der Waals surface area contributed by atoms with E-state index >= 15 is 0 Å². The minimum atomic E-state index is -0.209. The number of aromatic nitrogens is 1. The van der Waals surface area contributed by atoms with Crippen molar-refractivity contribution in [2.24, 2.45) is 0 Å². The van der Waals surface area contributed by atoms with Gasteiger partial charge in [-0.1, -0.05) is 0 Å². The molecular weight excluding hydrogens is 258 g/mol. The molecule has 5 nitrogen and oxygen atoms in total. The number of fused-ring (bicyclic) bond motifs is 2. The average molecular weight is 269 g/mol. The second kappa shape index (κ2) is 4.45. The van der Waals surface area contributed by atoms with Crippen LogP contribution in [-0.2, 0) is 0 Å². The number of ketones is 1. The number of hydrogen-bond donors (Lipinski definition) is 0. The summed E-state index contributed by atoms with van der Waals surface area (Å²) >= 11 is 0. The molecule has 2 aromatic heterocycles. The smallest absolute Gasteiger partial charge is 0.233 e. The molecule has 0 fully saturated rings. The largest absolute Gasteiger partial charge is 0.481 e. The predicted molar refractivity (Wildman–Crippen MR) is 74.3 cm³/mol. The predicted octanol–water partition coefficient (Wildman–Crippen LogP) is 2.55. The number of hydrogen-bond acceptors (Lipinski definition) is 5. The number of nitrogens with zero attached hydrogens (tertiary/aromatic N) is 1. The first kappa shape index (κ1) is 12.3. The Morgan fingerprint density at radius 1 is 1.20 bits per heavy atom. The summed E-state index contributed by atoms with van der Waals surface area (Å²) in [5.41, 5.74) is 0.885. The maximum atomic E-state index is 12.4. The van der Waals surface area contributed by atoms with Gasteiger partial charge in [0, 0.05) is 11.6 Å². The maximum Gasteiger partial charge on any atom is 0.233 e. The van der Waals surface area contributed by atoms with Crippen LogP contribution in [0.1, 0.15) is 17.3 Å². The van der Waals surface area contributed by atoms with Crippen molar-refractivity contribution in [3.8, 4) is 5.88 Å². The molecule has 0 amide bonds. The molecule has 0 aliphatic rings. The van der Waals surface area contributed by atoms with E-state index < -0.39 is 0 Å². The van der Waals surface area contributed by atoms with Gasteiger partial charge in [0.25, 0.3) is 0 Å². The normalized spacial score (nSPS) is 10.9. The quantitative estimate of drug-likeness (QED) is 0.528. The van der Waals surface area contributed by atoms with E-state index in [2.05, 4.69) is 4.98 Å². The number of Topliss-reactive ketones (excluding diaryl/α,β-unsaturated/α-hetero) is 1. The number of carbonyl (C=O) groups is 1. The maximum absolute atomic E-state index is 12.4. The summed E-state index contributed by atoms with van der Waals surface area (Å²) in [6.45, 7) is 1.45. The summed E-state index contributed by atoms with van der Waals surface area (Å²) in [4.78, 5) is 27.9. The molecule has 1 aromatic carbocycles. The molecular formula is C15H11NO4. The molecule has 2 heterocycles. The lowest BCUT2D eigenvalue weighted by atomic mass is 10.1. The molecule has 5 heteroatoms. The van der Waals surface area contributed by atoms with E-state index in [1.54, 1.807) is 30.3 Å². The van der Waals surface area contributed by atoms with Crippen molar-refractivity contribution in [1.29, 1.82) is 0 Å². The van der Waals surface area contributed by atoms with E-state index in [0.717, 1.165) is 0 Å². The lowest BCUT2D eigenvalue weighted by Crippen LogP contribution is -2.05. The number of rotatable bonds is 2. The van der Waals surface area contributed by atoms with Gasteiger partial charge in [0.15, 0.2) is 5.78 Å². The average Bonchev–Trinajstić information content (AvgIpc) is 2.46. The Balaban J connectivity index is 2.40. The third-order valence-corrected chi connectivity index (χ3v) is 3.13. The Bertz CT molecular complexity index is 895. The minimum absolute atomic E-state index is 0.0979. The summed E-state index contributed by atoms with van der Waals surface area (Å²) in [6.07, 6.45) is 0. The van der Waals surface area contributed by atoms with E-state index in [1.165, 1.54) is 14.0 Å². The minimum Gasteiger partial charge on any atom is -0.481 e. The van der Waals surface area contributed by atoms with Crippen LogP contribution >= 0.6 is 0 Å². The van der Waals surface area contributed by atoms with E-state index in [1.807, 2.05) is 0 Å². The van der Waals surface area contributed by atoms with Crippen LogP contribution in [0.4, 0.5) is 0 Å². The van der Waals surface area contributed by atoms with Gasteiger partial charge in [0.05, 0.1) is 17.9 Å². The van der Waals surface area contributed by atoms with Gasteiger partial charge in [-0.3, -0.25) is 9.59 Å². The number of carbonyl (C=O) groups excluding carboxylic acids is 1. The van der Waals surface area contributed by atoms with Gasteiger partial charge in [-0.25, -0.2) is 0 Å². The molecule has 0 unspecified atom stereocenters. The molecule has 3 aromatic rings. The van der Waals surface area contributed by atoms with Crippen molar-refractivity contribution >= 4 is 27.9 Å². The van der Waals surface area contributed by atoms with Crippen LogP contribution in [0.3, 0.4) is 0 Å². The Hall–Kier alpha value is -2.69. The highest BCUT2D eigenvalue weighted by Gasteiger charge is 2.11. The lowest BCUT2D eigenvalue weighted by Gasteiger charge is -2.03. The monoisotopic (exact) mass is 269 g/mol. The van der Waals surface area contributed by atoms with Crippen molar-refractivity contribution in [3.63, 3.8) is 0 Å². The highest BCUT2D eigenvalue weighted by Crippen LogP contribution is 2.20. The Morgan fingerprint density at radius 2 is 2.00 bits per heavy atom. The first-order chi connectivity index (χ1) is 9.60. The standard InChI is InChI=1S/C15H11NO4/c1-8(17)9-3-5-12-11(7-9)14(18)10-4-6-13(19-2)16-15(10)20-12/h3-7H,1-2H3. The Kier molecular flexibility index (Phi) is 2.75. The summed E-state index contributed by atoms with van der Waals surface area (Å²) in [6, 6.07) is 7.98. The zero-order chi connectivity index (χ0) is 14.3. The van der Waals surface area contributed by atoms with Crippen LogP contribution in [0.5, 0.6) is 5.88 Å². The van der Waals surface area contributed by atoms with E-state index in [0.29, 0.717) is 27.8 Å². The van der Waals surface area contributed by atoms with Crippen LogP contribution in [-0.4, -0.2) is 17.9 Å². The summed E-state index contributed by atoms with van der Waals surface area (Å²) < 4.78 is 10.6. The summed E-state index contributed by atoms with van der Waals surface area (Å²) in [5.74, 6) is 0.277. The number of pyridine rings is 1. The topological polar surface area (TPSA) is 69.4 Å². The molecule has 0 saturated carbocycles. The molecule has 0 bridgehead atoms. The van der Waals surface area contributed by atoms with Gasteiger partial charge in [-0.05, 0) is 31.2 Å². The van der Waals surface area contributed by atoms with Gasteiger partial charge < -0.3 is 9.15 Å². The molecule has 0 aliphatic carbocycles. The first-order valence-electron chi connectivity index (χ1n) is 6.02. The van der Waals surface area contributed by atoms with Gasteiger partial charge in [-0.15, -0.1) is 0 Å². The summed E-state index contributed by atoms with van der Waals surface area (Å²) in [5, 5.41) is 0.733. The zero-order valence-corrected chi connectivity index (χ0v) is 11.0.